The number of H-pyrrole nitrogens is 1. The van der Waals surface area contributed by atoms with E-state index in [9.17, 15) is 28.3 Å². The fourth-order valence-electron chi connectivity index (χ4n) is 3.88. The Bertz CT molecular complexity index is 1160. The normalized spacial score (nSPS) is 19.7. The zero-order chi connectivity index (χ0) is 24.5. The molecule has 1 unspecified atom stereocenters. The number of aromatic nitrogens is 1. The van der Waals surface area contributed by atoms with Gasteiger partial charge in [-0.2, -0.15) is 0 Å². The molecule has 4 rings (SSSR count). The summed E-state index contributed by atoms with van der Waals surface area (Å²) < 4.78 is 32.3. The van der Waals surface area contributed by atoms with Crippen LogP contribution in [0, 0.1) is 17.6 Å². The quantitative estimate of drug-likeness (QED) is 0.428. The summed E-state index contributed by atoms with van der Waals surface area (Å²) in [6.45, 7) is 1.17. The fourth-order valence-corrected chi connectivity index (χ4v) is 3.88. The summed E-state index contributed by atoms with van der Waals surface area (Å²) in [4.78, 5) is 42.2. The average molecular weight is 476 g/mol. The van der Waals surface area contributed by atoms with E-state index in [-0.39, 0.29) is 24.4 Å². The average Bonchev–Trinajstić information content (AvgIpc) is 3.53. The Morgan fingerprint density at radius 1 is 1.32 bits per heavy atom. The predicted octanol–water partition coefficient (Wildman–Crippen LogP) is 1.48. The maximum absolute atomic E-state index is 13.8. The van der Waals surface area contributed by atoms with Crippen molar-refractivity contribution in [2.24, 2.45) is 5.92 Å². The molecule has 0 bridgehead atoms. The number of nitrogens with one attached hydrogen (secondary N) is 3. The largest absolute Gasteiger partial charge is 0.503 e. The molecule has 2 aromatic rings. The summed E-state index contributed by atoms with van der Waals surface area (Å²) in [6.07, 6.45) is 3.84. The molecule has 9 nitrogen and oxygen atoms in total. The molecule has 1 aromatic heterocycles. The molecule has 1 atom stereocenters. The van der Waals surface area contributed by atoms with Crippen LogP contribution >= 0.6 is 0 Å². The lowest BCUT2D eigenvalue weighted by atomic mass is 10.1. The molecule has 2 amide bonds. The number of nitrogens with zero attached hydrogens (tertiary/aromatic N) is 1. The first-order chi connectivity index (χ1) is 16.2. The van der Waals surface area contributed by atoms with Gasteiger partial charge in [0, 0.05) is 44.4 Å². The number of benzene rings is 1. The van der Waals surface area contributed by atoms with E-state index >= 15 is 0 Å². The van der Waals surface area contributed by atoms with Crippen LogP contribution in [0.2, 0.25) is 0 Å². The van der Waals surface area contributed by atoms with E-state index in [1.807, 2.05) is 0 Å². The number of pyridine rings is 1. The molecular formula is C23H26F2N4O5. The van der Waals surface area contributed by atoms with E-state index in [1.54, 1.807) is 7.05 Å². The molecule has 2 fully saturated rings. The van der Waals surface area contributed by atoms with Crippen LogP contribution in [0.5, 0.6) is 5.75 Å². The van der Waals surface area contributed by atoms with E-state index in [2.05, 4.69) is 15.6 Å². The molecular weight excluding hydrogens is 450 g/mol. The number of aromatic amines is 1. The summed E-state index contributed by atoms with van der Waals surface area (Å²) in [7, 11) is 1.56. The van der Waals surface area contributed by atoms with Gasteiger partial charge in [0.25, 0.3) is 11.8 Å². The maximum Gasteiger partial charge on any atom is 0.275 e. The highest BCUT2D eigenvalue weighted by Gasteiger charge is 2.43. The van der Waals surface area contributed by atoms with Gasteiger partial charge in [-0.05, 0) is 24.8 Å². The molecule has 2 aliphatic rings. The minimum absolute atomic E-state index is 0.0200. The number of carbonyl (C=O) groups is 2. The highest BCUT2D eigenvalue weighted by Crippen LogP contribution is 2.31. The van der Waals surface area contributed by atoms with Gasteiger partial charge in [-0.1, -0.05) is 6.07 Å². The van der Waals surface area contributed by atoms with Crippen molar-refractivity contribution in [2.75, 3.05) is 26.8 Å². The van der Waals surface area contributed by atoms with Crippen LogP contribution < -0.4 is 16.1 Å². The fraction of sp³-hybridized carbons (Fsp3) is 0.435. The van der Waals surface area contributed by atoms with Crippen LogP contribution in [0.3, 0.4) is 0 Å². The van der Waals surface area contributed by atoms with Crippen LogP contribution in [0.25, 0.3) is 0 Å². The Balaban J connectivity index is 1.49. The first-order valence-corrected chi connectivity index (χ1v) is 11.0. The van der Waals surface area contributed by atoms with Gasteiger partial charge in [-0.15, -0.1) is 0 Å². The summed E-state index contributed by atoms with van der Waals surface area (Å²) in [5.41, 5.74) is -2.60. The molecule has 1 saturated carbocycles. The van der Waals surface area contributed by atoms with Crippen molar-refractivity contribution >= 4 is 11.8 Å². The molecule has 0 radical (unpaired) electrons. The summed E-state index contributed by atoms with van der Waals surface area (Å²) in [6, 6.07) is 2.89. The van der Waals surface area contributed by atoms with Gasteiger partial charge in [0.05, 0.1) is 13.2 Å². The van der Waals surface area contributed by atoms with Crippen molar-refractivity contribution < 1.29 is 28.2 Å². The van der Waals surface area contributed by atoms with Crippen LogP contribution in [-0.4, -0.2) is 59.3 Å². The van der Waals surface area contributed by atoms with Crippen LogP contribution in [-0.2, 0) is 11.3 Å². The van der Waals surface area contributed by atoms with E-state index in [4.69, 9.17) is 4.74 Å². The SMILES string of the molecule is CN(C(=O)c1[nH]cc(C(=O)NCc2ccc(F)cc2F)c(=O)c1O)C1(NCC2CC2)CCOC1. The van der Waals surface area contributed by atoms with Gasteiger partial charge in [0.15, 0.2) is 11.4 Å². The number of hydrogen-bond donors (Lipinski definition) is 4. The third-order valence-corrected chi connectivity index (χ3v) is 6.33. The third kappa shape index (κ3) is 4.80. The van der Waals surface area contributed by atoms with Gasteiger partial charge in [0.1, 0.15) is 22.9 Å². The highest BCUT2D eigenvalue weighted by molar-refractivity contribution is 5.98. The molecule has 4 N–H and O–H groups in total. The number of likely N-dealkylation sites (N-methyl/N-ethyl adjacent to an activating group) is 1. The second-order valence-corrected chi connectivity index (χ2v) is 8.70. The first-order valence-electron chi connectivity index (χ1n) is 11.0. The predicted molar refractivity (Wildman–Crippen MR) is 117 cm³/mol. The Labute approximate surface area is 194 Å². The van der Waals surface area contributed by atoms with Crippen molar-refractivity contribution in [1.82, 2.24) is 20.5 Å². The zero-order valence-corrected chi connectivity index (χ0v) is 18.6. The minimum Gasteiger partial charge on any atom is -0.503 e. The molecule has 1 saturated heterocycles. The van der Waals surface area contributed by atoms with Crippen molar-refractivity contribution in [3.8, 4) is 5.75 Å². The molecule has 11 heteroatoms. The number of amides is 2. The molecule has 0 spiro atoms. The van der Waals surface area contributed by atoms with Crippen molar-refractivity contribution in [3.05, 3.63) is 63.1 Å². The van der Waals surface area contributed by atoms with E-state index < -0.39 is 45.9 Å². The lowest BCUT2D eigenvalue weighted by Crippen LogP contribution is -2.60. The smallest absolute Gasteiger partial charge is 0.275 e. The molecule has 1 aliphatic heterocycles. The standard InChI is InChI=1S/C23H26F2N4O5/c1-29(23(6-7-34-12-23)28-9-13-2-3-13)22(33)18-20(31)19(30)16(11-26-18)21(32)27-10-14-4-5-15(24)8-17(14)25/h4-5,8,11,13,28,31H,2-3,6-7,9-10,12H2,1H3,(H,26,30)(H,27,32). The third-order valence-electron chi connectivity index (χ3n) is 6.33. The number of hydrogen-bond acceptors (Lipinski definition) is 6. The van der Waals surface area contributed by atoms with Gasteiger partial charge >= 0.3 is 0 Å². The first kappa shape index (κ1) is 23.8. The molecule has 34 heavy (non-hydrogen) atoms. The molecule has 182 valence electrons. The summed E-state index contributed by atoms with van der Waals surface area (Å²) >= 11 is 0. The Hall–Kier alpha value is -3.31. The van der Waals surface area contributed by atoms with Crippen molar-refractivity contribution in [1.29, 1.82) is 0 Å². The van der Waals surface area contributed by atoms with Crippen molar-refractivity contribution in [2.45, 2.75) is 31.5 Å². The minimum atomic E-state index is -1.05. The molecule has 1 aliphatic carbocycles. The molecule has 2 heterocycles. The number of rotatable bonds is 8. The second kappa shape index (κ2) is 9.51. The van der Waals surface area contributed by atoms with Gasteiger partial charge in [-0.25, -0.2) is 8.78 Å². The van der Waals surface area contributed by atoms with Gasteiger partial charge < -0.3 is 25.0 Å². The van der Waals surface area contributed by atoms with E-state index in [0.29, 0.717) is 25.0 Å². The Morgan fingerprint density at radius 2 is 2.09 bits per heavy atom. The van der Waals surface area contributed by atoms with Crippen molar-refractivity contribution in [3.63, 3.8) is 0 Å². The lowest BCUT2D eigenvalue weighted by Gasteiger charge is -2.38. The number of aromatic hydroxyl groups is 1. The molecule has 1 aromatic carbocycles. The number of carbonyl (C=O) groups excluding carboxylic acids is 2. The number of halogens is 2. The van der Waals surface area contributed by atoms with Crippen LogP contribution in [0.15, 0.2) is 29.2 Å². The summed E-state index contributed by atoms with van der Waals surface area (Å²) in [5.74, 6) is -3.46. The Morgan fingerprint density at radius 3 is 2.74 bits per heavy atom. The maximum atomic E-state index is 13.8. The number of ether oxygens (including phenoxy) is 1. The van der Waals surface area contributed by atoms with E-state index in [1.165, 1.54) is 11.0 Å². The lowest BCUT2D eigenvalue weighted by molar-refractivity contribution is 0.0380. The zero-order valence-electron chi connectivity index (χ0n) is 18.6. The topological polar surface area (TPSA) is 124 Å². The highest BCUT2D eigenvalue weighted by atomic mass is 19.1. The summed E-state index contributed by atoms with van der Waals surface area (Å²) in [5, 5.41) is 16.2. The van der Waals surface area contributed by atoms with Crippen LogP contribution in [0.4, 0.5) is 8.78 Å². The van der Waals surface area contributed by atoms with Gasteiger partial charge in [-0.3, -0.25) is 19.7 Å². The van der Waals surface area contributed by atoms with Gasteiger partial charge in [0.2, 0.25) is 5.43 Å². The van der Waals surface area contributed by atoms with Crippen LogP contribution in [0.1, 0.15) is 45.7 Å². The monoisotopic (exact) mass is 476 g/mol. The van der Waals surface area contributed by atoms with E-state index in [0.717, 1.165) is 31.6 Å². The Kier molecular flexibility index (Phi) is 6.67. The second-order valence-electron chi connectivity index (χ2n) is 8.70.